The molecule has 1 saturated heterocycles. The van der Waals surface area contributed by atoms with Crippen LogP contribution in [0, 0.1) is 12.7 Å². The summed E-state index contributed by atoms with van der Waals surface area (Å²) < 4.78 is 13.7. The number of benzene rings is 2. The van der Waals surface area contributed by atoms with Crippen molar-refractivity contribution in [3.63, 3.8) is 0 Å². The van der Waals surface area contributed by atoms with Crippen LogP contribution in [0.5, 0.6) is 0 Å². The summed E-state index contributed by atoms with van der Waals surface area (Å²) in [4.78, 5) is 4.87. The molecule has 0 amide bonds. The van der Waals surface area contributed by atoms with Gasteiger partial charge in [0.25, 0.3) is 0 Å². The number of nitrogens with one attached hydrogen (secondary N) is 1. The molecule has 158 valence electrons. The van der Waals surface area contributed by atoms with E-state index in [0.29, 0.717) is 6.04 Å². The molecule has 4 rings (SSSR count). The highest BCUT2D eigenvalue weighted by Crippen LogP contribution is 2.25. The number of aliphatic hydroxyl groups is 1. The van der Waals surface area contributed by atoms with Crippen molar-refractivity contribution in [2.24, 2.45) is 0 Å². The van der Waals surface area contributed by atoms with Crippen LogP contribution < -0.4 is 0 Å². The van der Waals surface area contributed by atoms with E-state index in [1.807, 2.05) is 12.3 Å². The lowest BCUT2D eigenvalue weighted by molar-refractivity contribution is 0.0500. The monoisotopic (exact) mass is 408 g/mol. The Bertz CT molecular complexity index is 956. The highest BCUT2D eigenvalue weighted by atomic mass is 19.1. The van der Waals surface area contributed by atoms with Crippen molar-refractivity contribution in [2.45, 2.75) is 32.5 Å². The first-order chi connectivity index (χ1) is 14.6. The first-order valence-electron chi connectivity index (χ1n) is 10.5. The van der Waals surface area contributed by atoms with Crippen molar-refractivity contribution < 1.29 is 9.50 Å². The molecule has 1 aliphatic heterocycles. The molecule has 2 N–H and O–H groups in total. The molecule has 0 radical (unpaired) electrons. The van der Waals surface area contributed by atoms with E-state index in [9.17, 15) is 9.50 Å². The van der Waals surface area contributed by atoms with E-state index in [1.54, 1.807) is 6.07 Å². The summed E-state index contributed by atoms with van der Waals surface area (Å²) in [6.07, 6.45) is 2.59. The fourth-order valence-corrected chi connectivity index (χ4v) is 4.23. The maximum atomic E-state index is 13.7. The molecule has 1 fully saturated rings. The van der Waals surface area contributed by atoms with Crippen molar-refractivity contribution in [3.8, 4) is 11.3 Å². The van der Waals surface area contributed by atoms with Gasteiger partial charge in [0.05, 0.1) is 11.9 Å². The molecular weight excluding hydrogens is 379 g/mol. The molecule has 1 atom stereocenters. The molecule has 0 aliphatic carbocycles. The SMILES string of the molecule is Cc1ccc(CN2CCN(Cc3cn[nH]c3-c3cccc(F)c3)C[C@H]2CCO)cc1. The molecule has 6 heteroatoms. The van der Waals surface area contributed by atoms with Crippen LogP contribution in [0.15, 0.2) is 54.7 Å². The van der Waals surface area contributed by atoms with E-state index < -0.39 is 0 Å². The van der Waals surface area contributed by atoms with Gasteiger partial charge in [0.2, 0.25) is 0 Å². The van der Waals surface area contributed by atoms with Gasteiger partial charge in [-0.2, -0.15) is 5.10 Å². The van der Waals surface area contributed by atoms with Crippen LogP contribution in [0.2, 0.25) is 0 Å². The number of halogens is 1. The molecule has 2 aromatic carbocycles. The second-order valence-corrected chi connectivity index (χ2v) is 8.14. The van der Waals surface area contributed by atoms with Gasteiger partial charge in [-0.1, -0.05) is 42.0 Å². The van der Waals surface area contributed by atoms with Crippen LogP contribution in [-0.2, 0) is 13.1 Å². The minimum absolute atomic E-state index is 0.184. The Hall–Kier alpha value is -2.54. The third-order valence-corrected chi connectivity index (χ3v) is 5.88. The van der Waals surface area contributed by atoms with E-state index in [1.165, 1.54) is 23.3 Å². The van der Waals surface area contributed by atoms with E-state index in [-0.39, 0.29) is 12.4 Å². The Balaban J connectivity index is 1.44. The topological polar surface area (TPSA) is 55.4 Å². The minimum Gasteiger partial charge on any atom is -0.396 e. The predicted octanol–water partition coefficient (Wildman–Crippen LogP) is 3.59. The summed E-state index contributed by atoms with van der Waals surface area (Å²) in [5, 5.41) is 16.8. The van der Waals surface area contributed by atoms with Crippen LogP contribution in [0.3, 0.4) is 0 Å². The van der Waals surface area contributed by atoms with E-state index >= 15 is 0 Å². The summed E-state index contributed by atoms with van der Waals surface area (Å²) >= 11 is 0. The van der Waals surface area contributed by atoms with E-state index in [0.717, 1.165) is 56.0 Å². The predicted molar refractivity (Wildman–Crippen MR) is 116 cm³/mol. The summed E-state index contributed by atoms with van der Waals surface area (Å²) in [5.74, 6) is -0.249. The summed E-state index contributed by atoms with van der Waals surface area (Å²) in [5.41, 5.74) is 5.32. The first kappa shape index (κ1) is 20.7. The number of rotatable bonds is 7. The van der Waals surface area contributed by atoms with Crippen LogP contribution in [0.25, 0.3) is 11.3 Å². The lowest BCUT2D eigenvalue weighted by atomic mass is 10.0. The minimum atomic E-state index is -0.249. The number of aromatic amines is 1. The molecule has 5 nitrogen and oxygen atoms in total. The van der Waals surface area contributed by atoms with Crippen molar-refractivity contribution in [3.05, 3.63) is 77.2 Å². The second-order valence-electron chi connectivity index (χ2n) is 8.14. The van der Waals surface area contributed by atoms with Gasteiger partial charge in [-0.15, -0.1) is 0 Å². The lowest BCUT2D eigenvalue weighted by Crippen LogP contribution is -2.52. The van der Waals surface area contributed by atoms with Gasteiger partial charge < -0.3 is 5.11 Å². The number of hydrogen-bond donors (Lipinski definition) is 2. The van der Waals surface area contributed by atoms with Gasteiger partial charge in [0.1, 0.15) is 5.82 Å². The zero-order chi connectivity index (χ0) is 20.9. The number of aryl methyl sites for hydroxylation is 1. The molecule has 2 heterocycles. The molecule has 3 aromatic rings. The number of H-pyrrole nitrogens is 1. The Labute approximate surface area is 177 Å². The third-order valence-electron chi connectivity index (χ3n) is 5.88. The van der Waals surface area contributed by atoms with E-state index in [2.05, 4.69) is 51.2 Å². The largest absolute Gasteiger partial charge is 0.396 e. The van der Waals surface area contributed by atoms with Crippen molar-refractivity contribution in [1.82, 2.24) is 20.0 Å². The van der Waals surface area contributed by atoms with Gasteiger partial charge in [-0.25, -0.2) is 4.39 Å². The van der Waals surface area contributed by atoms with Gasteiger partial charge in [0, 0.05) is 56.5 Å². The summed E-state index contributed by atoms with van der Waals surface area (Å²) in [6, 6.07) is 15.6. The molecule has 30 heavy (non-hydrogen) atoms. The van der Waals surface area contributed by atoms with Crippen molar-refractivity contribution in [1.29, 1.82) is 0 Å². The molecule has 0 bridgehead atoms. The van der Waals surface area contributed by atoms with Gasteiger partial charge in [-0.05, 0) is 31.0 Å². The van der Waals surface area contributed by atoms with Crippen LogP contribution in [-0.4, -0.2) is 57.4 Å². The first-order valence-corrected chi connectivity index (χ1v) is 10.5. The maximum absolute atomic E-state index is 13.7. The average molecular weight is 409 g/mol. The van der Waals surface area contributed by atoms with Crippen molar-refractivity contribution >= 4 is 0 Å². The van der Waals surface area contributed by atoms with Gasteiger partial charge in [0.15, 0.2) is 0 Å². The number of aromatic nitrogens is 2. The maximum Gasteiger partial charge on any atom is 0.123 e. The van der Waals surface area contributed by atoms with Crippen LogP contribution in [0.4, 0.5) is 4.39 Å². The standard InChI is InChI=1S/C24H29FN4O/c1-18-5-7-19(8-6-18)15-29-11-10-28(17-23(29)9-12-30)16-21-14-26-27-24(21)20-3-2-4-22(25)13-20/h2-8,13-14,23,30H,9-12,15-17H2,1H3,(H,26,27)/t23-/m1/s1. The molecule has 0 saturated carbocycles. The molecular formula is C24H29FN4O. The van der Waals surface area contributed by atoms with Crippen molar-refractivity contribution in [2.75, 3.05) is 26.2 Å². The summed E-state index contributed by atoms with van der Waals surface area (Å²) in [7, 11) is 0. The fourth-order valence-electron chi connectivity index (χ4n) is 4.23. The Morgan fingerprint density at radius 1 is 1.13 bits per heavy atom. The molecule has 0 spiro atoms. The zero-order valence-corrected chi connectivity index (χ0v) is 17.4. The third kappa shape index (κ3) is 4.95. The zero-order valence-electron chi connectivity index (χ0n) is 17.4. The molecule has 0 unspecified atom stereocenters. The smallest absolute Gasteiger partial charge is 0.123 e. The van der Waals surface area contributed by atoms with Gasteiger partial charge >= 0.3 is 0 Å². The Morgan fingerprint density at radius 3 is 2.73 bits per heavy atom. The van der Waals surface area contributed by atoms with Gasteiger partial charge in [-0.3, -0.25) is 14.9 Å². The molecule has 1 aromatic heterocycles. The Morgan fingerprint density at radius 2 is 1.97 bits per heavy atom. The molecule has 1 aliphatic rings. The second kappa shape index (κ2) is 9.51. The fraction of sp³-hybridized carbons (Fsp3) is 0.375. The highest BCUT2D eigenvalue weighted by molar-refractivity contribution is 5.62. The normalized spacial score (nSPS) is 18.0. The number of aliphatic hydroxyl groups excluding tert-OH is 1. The Kier molecular flexibility index (Phi) is 6.57. The number of hydrogen-bond acceptors (Lipinski definition) is 4. The quantitative estimate of drug-likeness (QED) is 0.627. The average Bonchev–Trinajstić information content (AvgIpc) is 3.20. The van der Waals surface area contributed by atoms with Crippen LogP contribution >= 0.6 is 0 Å². The summed E-state index contributed by atoms with van der Waals surface area (Å²) in [6.45, 7) is 6.73. The lowest BCUT2D eigenvalue weighted by Gasteiger charge is -2.41. The number of nitrogens with zero attached hydrogens (tertiary/aromatic N) is 3. The van der Waals surface area contributed by atoms with Crippen LogP contribution in [0.1, 0.15) is 23.1 Å². The number of piperazine rings is 1. The van der Waals surface area contributed by atoms with E-state index in [4.69, 9.17) is 0 Å². The highest BCUT2D eigenvalue weighted by Gasteiger charge is 2.27.